The number of allylic oxidation sites excluding steroid dienone is 3. The van der Waals surface area contributed by atoms with Gasteiger partial charge < -0.3 is 0 Å². The van der Waals surface area contributed by atoms with E-state index in [1.165, 1.54) is 24.6 Å². The zero-order valence-electron chi connectivity index (χ0n) is 8.66. The van der Waals surface area contributed by atoms with Gasteiger partial charge in [0.05, 0.1) is 0 Å². The Morgan fingerprint density at radius 3 is 2.62 bits per heavy atom. The summed E-state index contributed by atoms with van der Waals surface area (Å²) in [6, 6.07) is 0. The fourth-order valence-electron chi connectivity index (χ4n) is 1.22. The number of hydrogen-bond acceptors (Lipinski definition) is 1. The van der Waals surface area contributed by atoms with Gasteiger partial charge >= 0.3 is 0 Å². The van der Waals surface area contributed by atoms with Crippen molar-refractivity contribution in [2.24, 2.45) is 10.9 Å². The minimum atomic E-state index is 0.568. The van der Waals surface area contributed by atoms with Crippen LogP contribution in [0.25, 0.3) is 0 Å². The summed E-state index contributed by atoms with van der Waals surface area (Å²) in [5, 5.41) is 0. The number of hydrogen-bond donors (Lipinski definition) is 0. The van der Waals surface area contributed by atoms with E-state index in [9.17, 15) is 0 Å². The predicted octanol–water partition coefficient (Wildman–Crippen LogP) is 3.75. The minimum Gasteiger partial charge on any atom is -0.265 e. The van der Waals surface area contributed by atoms with Crippen molar-refractivity contribution >= 4 is 6.21 Å². The molecule has 0 heterocycles. The topological polar surface area (TPSA) is 12.4 Å². The van der Waals surface area contributed by atoms with E-state index in [4.69, 9.17) is 0 Å². The Bertz CT molecular complexity index is 211. The lowest BCUT2D eigenvalue weighted by molar-refractivity contribution is 0.614. The molecule has 13 heavy (non-hydrogen) atoms. The number of nitrogens with zero attached hydrogens (tertiary/aromatic N) is 1. The summed E-state index contributed by atoms with van der Waals surface area (Å²) in [4.78, 5) is 3.92. The first-order chi connectivity index (χ1) is 6.26. The molecule has 1 unspecified atom stereocenters. The first-order valence-electron chi connectivity index (χ1n) is 4.72. The Balaban J connectivity index is 4.29. The van der Waals surface area contributed by atoms with Gasteiger partial charge in [-0.05, 0) is 24.0 Å². The molecule has 1 heteroatoms. The van der Waals surface area contributed by atoms with Crippen molar-refractivity contribution in [2.75, 3.05) is 0 Å². The molecule has 0 aromatic heterocycles. The average Bonchev–Trinajstić information content (AvgIpc) is 2.13. The Labute approximate surface area is 81.6 Å². The number of rotatable bonds is 6. The molecule has 0 rings (SSSR count). The van der Waals surface area contributed by atoms with Crippen LogP contribution < -0.4 is 0 Å². The number of aliphatic imine (C=N–C) groups is 1. The maximum Gasteiger partial charge on any atom is 0.0270 e. The van der Waals surface area contributed by atoms with Gasteiger partial charge in [-0.15, -0.1) is 0 Å². The van der Waals surface area contributed by atoms with Gasteiger partial charge in [0, 0.05) is 12.4 Å². The van der Waals surface area contributed by atoms with Gasteiger partial charge in [0.2, 0.25) is 0 Å². The molecule has 0 aliphatic carbocycles. The third-order valence-electron chi connectivity index (χ3n) is 1.98. The summed E-state index contributed by atoms with van der Waals surface area (Å²) in [6.45, 7) is 11.7. The second kappa shape index (κ2) is 7.53. The van der Waals surface area contributed by atoms with Crippen molar-refractivity contribution in [3.63, 3.8) is 0 Å². The van der Waals surface area contributed by atoms with Gasteiger partial charge in [0.25, 0.3) is 0 Å². The Kier molecular flexibility index (Phi) is 6.89. The maximum atomic E-state index is 3.92. The third-order valence-corrected chi connectivity index (χ3v) is 1.98. The van der Waals surface area contributed by atoms with E-state index in [2.05, 4.69) is 32.0 Å². The third kappa shape index (κ3) is 5.18. The second-order valence-electron chi connectivity index (χ2n) is 3.04. The largest absolute Gasteiger partial charge is 0.265 e. The van der Waals surface area contributed by atoms with Gasteiger partial charge in [0.1, 0.15) is 0 Å². The summed E-state index contributed by atoms with van der Waals surface area (Å²) in [5.41, 5.74) is 1.24. The lowest BCUT2D eigenvalue weighted by atomic mass is 9.96. The van der Waals surface area contributed by atoms with Crippen molar-refractivity contribution < 1.29 is 0 Å². The summed E-state index contributed by atoms with van der Waals surface area (Å²) < 4.78 is 0. The lowest BCUT2D eigenvalue weighted by Crippen LogP contribution is -1.96. The molecule has 0 radical (unpaired) electrons. The highest BCUT2D eigenvalue weighted by Crippen LogP contribution is 2.16. The standard InChI is InChI=1S/C12H19N/c1-5-8-11(4)12(6-2)9-10-13-7-3/h6-7,9-11H,2-3,5,8H2,1,4H3/b12-9+,13-10?. The molecule has 0 aromatic rings. The molecule has 0 aromatic carbocycles. The average molecular weight is 177 g/mol. The van der Waals surface area contributed by atoms with Gasteiger partial charge in [-0.3, -0.25) is 4.99 Å². The summed E-state index contributed by atoms with van der Waals surface area (Å²) >= 11 is 0. The highest BCUT2D eigenvalue weighted by molar-refractivity contribution is 5.73. The van der Waals surface area contributed by atoms with E-state index in [0.717, 1.165) is 0 Å². The van der Waals surface area contributed by atoms with Crippen molar-refractivity contribution in [3.8, 4) is 0 Å². The quantitative estimate of drug-likeness (QED) is 0.433. The lowest BCUT2D eigenvalue weighted by Gasteiger charge is -2.09. The van der Waals surface area contributed by atoms with Crippen molar-refractivity contribution in [1.82, 2.24) is 0 Å². The van der Waals surface area contributed by atoms with E-state index in [1.54, 1.807) is 6.21 Å². The van der Waals surface area contributed by atoms with Crippen LogP contribution in [-0.4, -0.2) is 6.21 Å². The van der Waals surface area contributed by atoms with Crippen LogP contribution in [-0.2, 0) is 0 Å². The minimum absolute atomic E-state index is 0.568. The molecule has 0 aliphatic heterocycles. The van der Waals surface area contributed by atoms with Gasteiger partial charge in [-0.1, -0.05) is 39.5 Å². The van der Waals surface area contributed by atoms with Gasteiger partial charge in [-0.25, -0.2) is 0 Å². The van der Waals surface area contributed by atoms with E-state index >= 15 is 0 Å². The van der Waals surface area contributed by atoms with E-state index in [1.807, 2.05) is 12.2 Å². The Morgan fingerprint density at radius 2 is 2.15 bits per heavy atom. The van der Waals surface area contributed by atoms with Crippen LogP contribution in [0, 0.1) is 5.92 Å². The molecule has 0 amide bonds. The summed E-state index contributed by atoms with van der Waals surface area (Å²) in [5.74, 6) is 0.568. The smallest absolute Gasteiger partial charge is 0.0270 e. The molecule has 0 N–H and O–H groups in total. The van der Waals surface area contributed by atoms with Crippen molar-refractivity contribution in [3.05, 3.63) is 37.1 Å². The Hall–Kier alpha value is -1.11. The van der Waals surface area contributed by atoms with Crippen molar-refractivity contribution in [2.45, 2.75) is 26.7 Å². The predicted molar refractivity (Wildman–Crippen MR) is 61.0 cm³/mol. The Morgan fingerprint density at radius 1 is 1.46 bits per heavy atom. The zero-order valence-corrected chi connectivity index (χ0v) is 8.66. The molecular weight excluding hydrogens is 158 g/mol. The fraction of sp³-hybridized carbons (Fsp3) is 0.417. The van der Waals surface area contributed by atoms with Gasteiger partial charge in [-0.2, -0.15) is 0 Å². The summed E-state index contributed by atoms with van der Waals surface area (Å²) in [6.07, 6.45) is 9.58. The molecule has 0 aliphatic rings. The molecule has 72 valence electrons. The second-order valence-corrected chi connectivity index (χ2v) is 3.04. The van der Waals surface area contributed by atoms with Crippen LogP contribution in [0.15, 0.2) is 42.1 Å². The molecule has 0 saturated carbocycles. The highest BCUT2D eigenvalue weighted by atomic mass is 14.6. The molecule has 0 fully saturated rings. The van der Waals surface area contributed by atoms with Gasteiger partial charge in [0.15, 0.2) is 0 Å². The van der Waals surface area contributed by atoms with Crippen LogP contribution in [0.4, 0.5) is 0 Å². The van der Waals surface area contributed by atoms with Crippen molar-refractivity contribution in [1.29, 1.82) is 0 Å². The SMILES string of the molecule is C=CN=C/C=C(\C=C)C(C)CCC. The fourth-order valence-corrected chi connectivity index (χ4v) is 1.22. The first kappa shape index (κ1) is 11.9. The van der Waals surface area contributed by atoms with Crippen LogP contribution in [0.5, 0.6) is 0 Å². The van der Waals surface area contributed by atoms with E-state index < -0.39 is 0 Å². The van der Waals surface area contributed by atoms with Crippen LogP contribution in [0.3, 0.4) is 0 Å². The van der Waals surface area contributed by atoms with Crippen LogP contribution in [0.2, 0.25) is 0 Å². The van der Waals surface area contributed by atoms with Crippen LogP contribution in [0.1, 0.15) is 26.7 Å². The molecule has 1 atom stereocenters. The zero-order chi connectivity index (χ0) is 10.1. The molecular formula is C12H19N. The molecule has 1 nitrogen and oxygen atoms in total. The summed E-state index contributed by atoms with van der Waals surface area (Å²) in [7, 11) is 0. The van der Waals surface area contributed by atoms with E-state index in [0.29, 0.717) is 5.92 Å². The first-order valence-corrected chi connectivity index (χ1v) is 4.72. The molecule has 0 bridgehead atoms. The maximum absolute atomic E-state index is 3.92. The van der Waals surface area contributed by atoms with E-state index in [-0.39, 0.29) is 0 Å². The van der Waals surface area contributed by atoms with Crippen LogP contribution >= 0.6 is 0 Å². The molecule has 0 spiro atoms. The monoisotopic (exact) mass is 177 g/mol. The highest BCUT2D eigenvalue weighted by Gasteiger charge is 2.02. The normalized spacial score (nSPS) is 14.5. The molecule has 0 saturated heterocycles.